The van der Waals surface area contributed by atoms with Crippen molar-refractivity contribution < 1.29 is 5.11 Å². The van der Waals surface area contributed by atoms with Crippen molar-refractivity contribution in [1.29, 1.82) is 0 Å². The Bertz CT molecular complexity index is 315. The highest BCUT2D eigenvalue weighted by Gasteiger charge is 2.22. The van der Waals surface area contributed by atoms with E-state index in [2.05, 4.69) is 38.9 Å². The predicted molar refractivity (Wildman–Crippen MR) is 66.4 cm³/mol. The third kappa shape index (κ3) is 3.08. The van der Waals surface area contributed by atoms with Crippen LogP contribution in [0, 0.1) is 5.41 Å². The van der Waals surface area contributed by atoms with Crippen LogP contribution in [0.5, 0.6) is 0 Å². The molecule has 1 aromatic rings. The zero-order chi connectivity index (χ0) is 12.2. The van der Waals surface area contributed by atoms with E-state index in [1.807, 2.05) is 10.9 Å². The lowest BCUT2D eigenvalue weighted by atomic mass is 9.84. The minimum atomic E-state index is -0.0331. The van der Waals surface area contributed by atoms with E-state index in [4.69, 9.17) is 0 Å². The van der Waals surface area contributed by atoms with Crippen LogP contribution in [0.25, 0.3) is 0 Å². The molecule has 1 heterocycles. The summed E-state index contributed by atoms with van der Waals surface area (Å²) in [5.74, 6) is 0. The van der Waals surface area contributed by atoms with Crippen LogP contribution in [0.1, 0.15) is 52.3 Å². The molecule has 3 nitrogen and oxygen atoms in total. The first-order chi connectivity index (χ1) is 7.54. The van der Waals surface area contributed by atoms with Crippen LogP contribution in [-0.4, -0.2) is 21.5 Å². The molecule has 0 saturated carbocycles. The van der Waals surface area contributed by atoms with Crippen LogP contribution < -0.4 is 0 Å². The van der Waals surface area contributed by atoms with Crippen LogP contribution in [-0.2, 0) is 6.42 Å². The lowest BCUT2D eigenvalue weighted by Crippen LogP contribution is -2.23. The topological polar surface area (TPSA) is 38.0 Å². The van der Waals surface area contributed by atoms with Crippen LogP contribution in [0.15, 0.2) is 12.3 Å². The van der Waals surface area contributed by atoms with E-state index < -0.39 is 0 Å². The number of aliphatic hydroxyl groups is 1. The Morgan fingerprint density at radius 2 is 2.19 bits per heavy atom. The Labute approximate surface area is 98.5 Å². The van der Waals surface area contributed by atoms with Crippen molar-refractivity contribution in [3.05, 3.63) is 18.0 Å². The normalized spacial score (nSPS) is 17.1. The van der Waals surface area contributed by atoms with Gasteiger partial charge < -0.3 is 5.11 Å². The summed E-state index contributed by atoms with van der Waals surface area (Å²) in [4.78, 5) is 0. The average molecular weight is 224 g/mol. The molecule has 1 aromatic heterocycles. The maximum absolute atomic E-state index is 9.37. The van der Waals surface area contributed by atoms with E-state index in [1.165, 1.54) is 0 Å². The van der Waals surface area contributed by atoms with Gasteiger partial charge in [0.05, 0.1) is 5.69 Å². The van der Waals surface area contributed by atoms with Crippen molar-refractivity contribution >= 4 is 0 Å². The molecule has 0 aliphatic heterocycles. The summed E-state index contributed by atoms with van der Waals surface area (Å²) < 4.78 is 2.02. The Hall–Kier alpha value is -0.830. The molecule has 0 aromatic carbocycles. The third-order valence-electron chi connectivity index (χ3n) is 3.55. The molecule has 16 heavy (non-hydrogen) atoms. The summed E-state index contributed by atoms with van der Waals surface area (Å²) >= 11 is 0. The number of hydrogen-bond donors (Lipinski definition) is 1. The second kappa shape index (κ2) is 5.48. The second-order valence-corrected chi connectivity index (χ2v) is 5.04. The van der Waals surface area contributed by atoms with Gasteiger partial charge in [0.25, 0.3) is 0 Å². The number of hydrogen-bond acceptors (Lipinski definition) is 2. The fourth-order valence-corrected chi connectivity index (χ4v) is 1.63. The molecule has 0 spiro atoms. The molecule has 2 atom stereocenters. The Kier molecular flexibility index (Phi) is 4.54. The van der Waals surface area contributed by atoms with E-state index in [-0.39, 0.29) is 12.0 Å². The summed E-state index contributed by atoms with van der Waals surface area (Å²) in [6.07, 6.45) is 4.95. The monoisotopic (exact) mass is 224 g/mol. The van der Waals surface area contributed by atoms with Gasteiger partial charge in [-0.05, 0) is 37.7 Å². The Morgan fingerprint density at radius 1 is 1.50 bits per heavy atom. The molecular weight excluding hydrogens is 200 g/mol. The maximum Gasteiger partial charge on any atom is 0.0631 e. The molecule has 0 saturated heterocycles. The minimum Gasteiger partial charge on any atom is -0.396 e. The highest BCUT2D eigenvalue weighted by molar-refractivity contribution is 5.03. The van der Waals surface area contributed by atoms with Gasteiger partial charge in [0, 0.05) is 18.8 Å². The molecule has 0 aliphatic rings. The molecule has 2 unspecified atom stereocenters. The smallest absolute Gasteiger partial charge is 0.0631 e. The first kappa shape index (κ1) is 13.2. The van der Waals surface area contributed by atoms with Crippen molar-refractivity contribution in [3.8, 4) is 0 Å². The highest BCUT2D eigenvalue weighted by Crippen LogP contribution is 2.25. The molecular formula is C13H24N2O. The van der Waals surface area contributed by atoms with Crippen molar-refractivity contribution in [3.63, 3.8) is 0 Å². The standard InChI is InChI=1S/C13H24N2O/c1-5-11(3)15-8-7-12(14-15)9-13(4,6-2)10-16/h7-8,11,16H,5-6,9-10H2,1-4H3. The van der Waals surface area contributed by atoms with Crippen LogP contribution in [0.4, 0.5) is 0 Å². The van der Waals surface area contributed by atoms with Gasteiger partial charge in [0.2, 0.25) is 0 Å². The van der Waals surface area contributed by atoms with E-state index in [9.17, 15) is 5.11 Å². The number of rotatable bonds is 6. The third-order valence-corrected chi connectivity index (χ3v) is 3.55. The van der Waals surface area contributed by atoms with Crippen LogP contribution in [0.3, 0.4) is 0 Å². The van der Waals surface area contributed by atoms with Crippen LogP contribution in [0.2, 0.25) is 0 Å². The van der Waals surface area contributed by atoms with Gasteiger partial charge in [-0.1, -0.05) is 20.8 Å². The van der Waals surface area contributed by atoms with Gasteiger partial charge >= 0.3 is 0 Å². The summed E-state index contributed by atoms with van der Waals surface area (Å²) in [6, 6.07) is 2.52. The fourth-order valence-electron chi connectivity index (χ4n) is 1.63. The van der Waals surface area contributed by atoms with Gasteiger partial charge in [0.1, 0.15) is 0 Å². The molecule has 0 bridgehead atoms. The zero-order valence-electron chi connectivity index (χ0n) is 10.9. The lowest BCUT2D eigenvalue weighted by Gasteiger charge is -2.24. The minimum absolute atomic E-state index is 0.0331. The van der Waals surface area contributed by atoms with Crippen molar-refractivity contribution in [2.45, 2.75) is 53.0 Å². The summed E-state index contributed by atoms with van der Waals surface area (Å²) in [6.45, 7) is 8.77. The SMILES string of the molecule is CCC(C)n1ccc(CC(C)(CC)CO)n1. The van der Waals surface area contributed by atoms with E-state index in [0.29, 0.717) is 6.04 Å². The highest BCUT2D eigenvalue weighted by atomic mass is 16.3. The zero-order valence-corrected chi connectivity index (χ0v) is 10.9. The summed E-state index contributed by atoms with van der Waals surface area (Å²) in [7, 11) is 0. The van der Waals surface area contributed by atoms with Gasteiger partial charge in [0.15, 0.2) is 0 Å². The van der Waals surface area contributed by atoms with E-state index in [0.717, 1.165) is 25.0 Å². The Morgan fingerprint density at radius 3 is 2.69 bits per heavy atom. The predicted octanol–water partition coefficient (Wildman–Crippen LogP) is 2.81. The summed E-state index contributed by atoms with van der Waals surface area (Å²) in [5.41, 5.74) is 1.05. The number of aliphatic hydroxyl groups excluding tert-OH is 1. The molecule has 0 aliphatic carbocycles. The number of aromatic nitrogens is 2. The molecule has 1 rings (SSSR count). The van der Waals surface area contributed by atoms with Crippen molar-refractivity contribution in [2.24, 2.45) is 5.41 Å². The molecule has 1 N–H and O–H groups in total. The van der Waals surface area contributed by atoms with E-state index in [1.54, 1.807) is 0 Å². The van der Waals surface area contributed by atoms with E-state index >= 15 is 0 Å². The molecule has 0 fully saturated rings. The van der Waals surface area contributed by atoms with Gasteiger partial charge in [-0.15, -0.1) is 0 Å². The van der Waals surface area contributed by atoms with Crippen molar-refractivity contribution in [2.75, 3.05) is 6.61 Å². The second-order valence-electron chi connectivity index (χ2n) is 5.04. The maximum atomic E-state index is 9.37. The lowest BCUT2D eigenvalue weighted by molar-refractivity contribution is 0.136. The summed E-state index contributed by atoms with van der Waals surface area (Å²) in [5, 5.41) is 13.9. The van der Waals surface area contributed by atoms with Gasteiger partial charge in [-0.25, -0.2) is 0 Å². The average Bonchev–Trinajstić information content (AvgIpc) is 2.76. The number of nitrogens with zero attached hydrogens (tertiary/aromatic N) is 2. The van der Waals surface area contributed by atoms with Gasteiger partial charge in [-0.2, -0.15) is 5.10 Å². The Balaban J connectivity index is 2.71. The van der Waals surface area contributed by atoms with Crippen LogP contribution >= 0.6 is 0 Å². The molecule has 0 radical (unpaired) electrons. The largest absolute Gasteiger partial charge is 0.396 e. The van der Waals surface area contributed by atoms with Crippen molar-refractivity contribution in [1.82, 2.24) is 9.78 Å². The molecule has 0 amide bonds. The molecule has 92 valence electrons. The molecule has 3 heteroatoms. The first-order valence-electron chi connectivity index (χ1n) is 6.19. The van der Waals surface area contributed by atoms with Gasteiger partial charge in [-0.3, -0.25) is 4.68 Å². The fraction of sp³-hybridized carbons (Fsp3) is 0.769. The first-order valence-corrected chi connectivity index (χ1v) is 6.19. The quantitative estimate of drug-likeness (QED) is 0.807.